The molecule has 2 nitrogen and oxygen atoms in total. The molecule has 0 fully saturated rings. The Morgan fingerprint density at radius 1 is 1.23 bits per heavy atom. The normalized spacial score (nSPS) is 10.2. The molecule has 0 amide bonds. The Hall–Kier alpha value is -1.19. The fourth-order valence-corrected chi connectivity index (χ4v) is 2.06. The van der Waals surface area contributed by atoms with Gasteiger partial charge < -0.3 is 5.73 Å². The highest BCUT2D eigenvalue weighted by Crippen LogP contribution is 2.26. The Morgan fingerprint density at radius 2 is 2.00 bits per heavy atom. The van der Waals surface area contributed by atoms with Gasteiger partial charge in [0.25, 0.3) is 0 Å². The van der Waals surface area contributed by atoms with Gasteiger partial charge in [-0.25, -0.2) is 0 Å². The molecule has 0 radical (unpaired) electrons. The first-order valence-electron chi connectivity index (χ1n) is 4.08. The van der Waals surface area contributed by atoms with Crippen LogP contribution in [0.1, 0.15) is 4.88 Å². The molecule has 0 bridgehead atoms. The van der Waals surface area contributed by atoms with Crippen molar-refractivity contribution in [2.45, 2.75) is 6.54 Å². The zero-order valence-corrected chi connectivity index (χ0v) is 7.92. The molecule has 0 aliphatic carbocycles. The predicted octanol–water partition coefficient (Wildman–Crippen LogP) is 2.27. The highest BCUT2D eigenvalue weighted by atomic mass is 32.1. The summed E-state index contributed by atoms with van der Waals surface area (Å²) in [5.41, 5.74) is 8.05. The average molecular weight is 190 g/mol. The van der Waals surface area contributed by atoms with Gasteiger partial charge in [0.05, 0.1) is 0 Å². The van der Waals surface area contributed by atoms with E-state index in [4.69, 9.17) is 5.73 Å². The summed E-state index contributed by atoms with van der Waals surface area (Å²) in [5, 5.41) is 2.07. The minimum Gasteiger partial charge on any atom is -0.326 e. The molecule has 66 valence electrons. The fourth-order valence-electron chi connectivity index (χ4n) is 1.29. The lowest BCUT2D eigenvalue weighted by atomic mass is 10.1. The second-order valence-electron chi connectivity index (χ2n) is 2.70. The van der Waals surface area contributed by atoms with E-state index in [9.17, 15) is 0 Å². The highest BCUT2D eigenvalue weighted by molar-refractivity contribution is 7.10. The quantitative estimate of drug-likeness (QED) is 0.789. The Labute approximate surface area is 81.1 Å². The van der Waals surface area contributed by atoms with Crippen LogP contribution in [0.15, 0.2) is 36.0 Å². The Balaban J connectivity index is 2.47. The van der Waals surface area contributed by atoms with Crippen molar-refractivity contribution in [2.24, 2.45) is 5.73 Å². The van der Waals surface area contributed by atoms with Crippen LogP contribution in [-0.2, 0) is 6.54 Å². The maximum atomic E-state index is 5.63. The first-order valence-corrected chi connectivity index (χ1v) is 4.96. The molecule has 2 aromatic rings. The van der Waals surface area contributed by atoms with E-state index in [1.807, 2.05) is 12.1 Å². The second kappa shape index (κ2) is 3.68. The van der Waals surface area contributed by atoms with Gasteiger partial charge in [-0.05, 0) is 34.7 Å². The summed E-state index contributed by atoms with van der Waals surface area (Å²) in [4.78, 5) is 5.21. The van der Waals surface area contributed by atoms with Crippen LogP contribution in [0.25, 0.3) is 11.1 Å². The van der Waals surface area contributed by atoms with E-state index in [1.165, 1.54) is 16.0 Å². The van der Waals surface area contributed by atoms with Crippen LogP contribution in [-0.4, -0.2) is 4.98 Å². The van der Waals surface area contributed by atoms with E-state index in [2.05, 4.69) is 16.4 Å². The van der Waals surface area contributed by atoms with Crippen molar-refractivity contribution in [3.63, 3.8) is 0 Å². The molecule has 2 rings (SSSR count). The largest absolute Gasteiger partial charge is 0.326 e. The lowest BCUT2D eigenvalue weighted by Gasteiger charge is -1.99. The number of hydrogen-bond acceptors (Lipinski definition) is 3. The summed E-state index contributed by atoms with van der Waals surface area (Å²) < 4.78 is 0. The smallest absolute Gasteiger partial charge is 0.0280 e. The number of aromatic nitrogens is 1. The summed E-state index contributed by atoms with van der Waals surface area (Å²) in [5.74, 6) is 0. The summed E-state index contributed by atoms with van der Waals surface area (Å²) in [6.45, 7) is 0.606. The third kappa shape index (κ3) is 1.61. The van der Waals surface area contributed by atoms with Crippen LogP contribution in [0.3, 0.4) is 0 Å². The molecule has 0 aliphatic heterocycles. The zero-order chi connectivity index (χ0) is 9.10. The van der Waals surface area contributed by atoms with Crippen LogP contribution >= 0.6 is 11.3 Å². The Bertz CT molecular complexity index is 381. The SMILES string of the molecule is NCc1sccc1-c1ccncc1. The average Bonchev–Trinajstić information content (AvgIpc) is 2.67. The molecule has 0 spiro atoms. The topological polar surface area (TPSA) is 38.9 Å². The van der Waals surface area contributed by atoms with Crippen molar-refractivity contribution in [3.05, 3.63) is 40.8 Å². The number of pyridine rings is 1. The number of thiophene rings is 1. The Morgan fingerprint density at radius 3 is 2.69 bits per heavy atom. The third-order valence-corrected chi connectivity index (χ3v) is 2.87. The van der Waals surface area contributed by atoms with E-state index in [0.717, 1.165) is 0 Å². The van der Waals surface area contributed by atoms with Crippen molar-refractivity contribution < 1.29 is 0 Å². The molecule has 0 saturated carbocycles. The highest BCUT2D eigenvalue weighted by Gasteiger charge is 2.03. The van der Waals surface area contributed by atoms with Gasteiger partial charge in [-0.2, -0.15) is 0 Å². The van der Waals surface area contributed by atoms with Gasteiger partial charge in [-0.15, -0.1) is 11.3 Å². The van der Waals surface area contributed by atoms with Crippen molar-refractivity contribution in [2.75, 3.05) is 0 Å². The van der Waals surface area contributed by atoms with Crippen molar-refractivity contribution in [1.29, 1.82) is 0 Å². The molecule has 0 aliphatic rings. The van der Waals surface area contributed by atoms with Gasteiger partial charge in [-0.3, -0.25) is 4.98 Å². The number of nitrogens with two attached hydrogens (primary N) is 1. The first-order chi connectivity index (χ1) is 6.42. The maximum absolute atomic E-state index is 5.63. The first kappa shape index (κ1) is 8.41. The fraction of sp³-hybridized carbons (Fsp3) is 0.100. The second-order valence-corrected chi connectivity index (χ2v) is 3.70. The van der Waals surface area contributed by atoms with Gasteiger partial charge in [-0.1, -0.05) is 0 Å². The minimum absolute atomic E-state index is 0.606. The van der Waals surface area contributed by atoms with Gasteiger partial charge in [0.2, 0.25) is 0 Å². The standard InChI is InChI=1S/C10H10N2S/c11-7-10-9(3-6-13-10)8-1-4-12-5-2-8/h1-6H,7,11H2. The molecular formula is C10H10N2S. The summed E-state index contributed by atoms with van der Waals surface area (Å²) in [7, 11) is 0. The van der Waals surface area contributed by atoms with Gasteiger partial charge >= 0.3 is 0 Å². The minimum atomic E-state index is 0.606. The van der Waals surface area contributed by atoms with Crippen LogP contribution in [0, 0.1) is 0 Å². The van der Waals surface area contributed by atoms with E-state index in [0.29, 0.717) is 6.54 Å². The summed E-state index contributed by atoms with van der Waals surface area (Å²) in [6.07, 6.45) is 3.60. The molecular weight excluding hydrogens is 180 g/mol. The molecule has 3 heteroatoms. The zero-order valence-electron chi connectivity index (χ0n) is 7.10. The molecule has 13 heavy (non-hydrogen) atoms. The van der Waals surface area contributed by atoms with Crippen LogP contribution in [0.5, 0.6) is 0 Å². The third-order valence-electron chi connectivity index (χ3n) is 1.92. The van der Waals surface area contributed by atoms with Crippen LogP contribution < -0.4 is 5.73 Å². The molecule has 0 unspecified atom stereocenters. The summed E-state index contributed by atoms with van der Waals surface area (Å²) in [6, 6.07) is 6.10. The van der Waals surface area contributed by atoms with Crippen molar-refractivity contribution in [1.82, 2.24) is 4.98 Å². The van der Waals surface area contributed by atoms with Gasteiger partial charge in [0, 0.05) is 23.8 Å². The van der Waals surface area contributed by atoms with E-state index >= 15 is 0 Å². The van der Waals surface area contributed by atoms with E-state index in [-0.39, 0.29) is 0 Å². The summed E-state index contributed by atoms with van der Waals surface area (Å²) >= 11 is 1.70. The van der Waals surface area contributed by atoms with E-state index in [1.54, 1.807) is 23.7 Å². The van der Waals surface area contributed by atoms with Gasteiger partial charge in [0.1, 0.15) is 0 Å². The number of hydrogen-bond donors (Lipinski definition) is 1. The Kier molecular flexibility index (Phi) is 2.38. The predicted molar refractivity (Wildman–Crippen MR) is 55.4 cm³/mol. The molecule has 2 heterocycles. The van der Waals surface area contributed by atoms with Crippen LogP contribution in [0.4, 0.5) is 0 Å². The lowest BCUT2D eigenvalue weighted by Crippen LogP contribution is -1.94. The molecule has 0 saturated heterocycles. The number of nitrogens with zero attached hydrogens (tertiary/aromatic N) is 1. The van der Waals surface area contributed by atoms with Crippen LogP contribution in [0.2, 0.25) is 0 Å². The van der Waals surface area contributed by atoms with Gasteiger partial charge in [0.15, 0.2) is 0 Å². The van der Waals surface area contributed by atoms with Crippen molar-refractivity contribution in [3.8, 4) is 11.1 Å². The molecule has 2 aromatic heterocycles. The number of rotatable bonds is 2. The molecule has 0 atom stereocenters. The van der Waals surface area contributed by atoms with Crippen molar-refractivity contribution >= 4 is 11.3 Å². The van der Waals surface area contributed by atoms with E-state index < -0.39 is 0 Å². The molecule has 0 aromatic carbocycles. The molecule has 2 N–H and O–H groups in total. The lowest BCUT2D eigenvalue weighted by molar-refractivity contribution is 1.11. The maximum Gasteiger partial charge on any atom is 0.0280 e. The monoisotopic (exact) mass is 190 g/mol.